The molecule has 98 valence electrons. The number of nitrogens with zero attached hydrogens (tertiary/aromatic N) is 1. The van der Waals surface area contributed by atoms with E-state index in [1.807, 2.05) is 11.8 Å². The van der Waals surface area contributed by atoms with Gasteiger partial charge in [0.2, 0.25) is 0 Å². The summed E-state index contributed by atoms with van der Waals surface area (Å²) in [4.78, 5) is 4.66. The van der Waals surface area contributed by atoms with Crippen LogP contribution in [-0.2, 0) is 6.42 Å². The fraction of sp³-hybridized carbons (Fsp3) is 0.533. The Morgan fingerprint density at radius 1 is 1.28 bits per heavy atom. The molecule has 3 heteroatoms. The molecule has 2 nitrogen and oxygen atoms in total. The van der Waals surface area contributed by atoms with Crippen molar-refractivity contribution in [2.75, 3.05) is 12.3 Å². The molecule has 18 heavy (non-hydrogen) atoms. The Balaban J connectivity index is 1.74. The van der Waals surface area contributed by atoms with E-state index in [2.05, 4.69) is 54.5 Å². The lowest BCUT2D eigenvalue weighted by atomic mass is 10.0. The van der Waals surface area contributed by atoms with Gasteiger partial charge in [0.05, 0.1) is 0 Å². The molecule has 1 aliphatic heterocycles. The molecule has 0 amide bonds. The van der Waals surface area contributed by atoms with Crippen molar-refractivity contribution in [1.82, 2.24) is 5.32 Å². The number of aliphatic imine (C=N–C) groups is 1. The van der Waals surface area contributed by atoms with Crippen molar-refractivity contribution >= 4 is 16.9 Å². The SMILES string of the molecule is CC1(C)CCSC(=NCCCc2ccccc2)N1. The third-order valence-electron chi connectivity index (χ3n) is 3.13. The summed E-state index contributed by atoms with van der Waals surface area (Å²) in [7, 11) is 0. The molecule has 1 fully saturated rings. The normalized spacial score (nSPS) is 20.7. The van der Waals surface area contributed by atoms with Crippen molar-refractivity contribution in [3.05, 3.63) is 35.9 Å². The molecule has 1 aromatic carbocycles. The maximum Gasteiger partial charge on any atom is 0.156 e. The topological polar surface area (TPSA) is 24.4 Å². The van der Waals surface area contributed by atoms with Crippen LogP contribution in [0.3, 0.4) is 0 Å². The Hall–Kier alpha value is -0.960. The van der Waals surface area contributed by atoms with Crippen LogP contribution in [0.4, 0.5) is 0 Å². The molecule has 0 saturated carbocycles. The van der Waals surface area contributed by atoms with Crippen LogP contribution in [0, 0.1) is 0 Å². The van der Waals surface area contributed by atoms with Gasteiger partial charge in [-0.25, -0.2) is 0 Å². The molecule has 0 bridgehead atoms. The third-order valence-corrected chi connectivity index (χ3v) is 4.05. The van der Waals surface area contributed by atoms with Gasteiger partial charge >= 0.3 is 0 Å². The Morgan fingerprint density at radius 3 is 2.78 bits per heavy atom. The lowest BCUT2D eigenvalue weighted by Gasteiger charge is -2.32. The van der Waals surface area contributed by atoms with E-state index in [0.717, 1.165) is 24.6 Å². The van der Waals surface area contributed by atoms with E-state index in [1.165, 1.54) is 17.7 Å². The molecule has 1 aliphatic rings. The van der Waals surface area contributed by atoms with Gasteiger partial charge in [0.25, 0.3) is 0 Å². The Labute approximate surface area is 114 Å². The van der Waals surface area contributed by atoms with E-state index in [9.17, 15) is 0 Å². The molecule has 1 aromatic rings. The molecule has 1 saturated heterocycles. The highest BCUT2D eigenvalue weighted by atomic mass is 32.2. The summed E-state index contributed by atoms with van der Waals surface area (Å²) in [6.45, 7) is 5.40. The summed E-state index contributed by atoms with van der Waals surface area (Å²) in [5.41, 5.74) is 1.62. The van der Waals surface area contributed by atoms with Gasteiger partial charge in [-0.2, -0.15) is 0 Å². The van der Waals surface area contributed by atoms with Gasteiger partial charge in [0.1, 0.15) is 0 Å². The predicted molar refractivity (Wildman–Crippen MR) is 81.4 cm³/mol. The second kappa shape index (κ2) is 6.28. The molecule has 0 spiro atoms. The molecule has 2 rings (SSSR count). The van der Waals surface area contributed by atoms with Gasteiger partial charge in [-0.05, 0) is 38.7 Å². The number of benzene rings is 1. The molecule has 0 atom stereocenters. The van der Waals surface area contributed by atoms with Crippen LogP contribution in [0.1, 0.15) is 32.3 Å². The monoisotopic (exact) mass is 262 g/mol. The van der Waals surface area contributed by atoms with E-state index in [4.69, 9.17) is 0 Å². The van der Waals surface area contributed by atoms with Gasteiger partial charge in [-0.1, -0.05) is 42.1 Å². The molecular weight excluding hydrogens is 240 g/mol. The highest BCUT2D eigenvalue weighted by Gasteiger charge is 2.23. The average molecular weight is 262 g/mol. The number of hydrogen-bond donors (Lipinski definition) is 1. The summed E-state index contributed by atoms with van der Waals surface area (Å²) in [6, 6.07) is 10.6. The third kappa shape index (κ3) is 4.37. The minimum atomic E-state index is 0.212. The van der Waals surface area contributed by atoms with Gasteiger partial charge in [-0.15, -0.1) is 0 Å². The van der Waals surface area contributed by atoms with E-state index in [0.29, 0.717) is 0 Å². The predicted octanol–water partition coefficient (Wildman–Crippen LogP) is 3.48. The number of nitrogens with one attached hydrogen (secondary N) is 1. The van der Waals surface area contributed by atoms with Crippen molar-refractivity contribution in [2.24, 2.45) is 4.99 Å². The summed E-state index contributed by atoms with van der Waals surface area (Å²) in [5.74, 6) is 1.18. The van der Waals surface area contributed by atoms with Gasteiger partial charge in [0.15, 0.2) is 5.17 Å². The van der Waals surface area contributed by atoms with E-state index in [1.54, 1.807) is 0 Å². The van der Waals surface area contributed by atoms with Gasteiger partial charge in [0, 0.05) is 17.8 Å². The van der Waals surface area contributed by atoms with Gasteiger partial charge in [-0.3, -0.25) is 4.99 Å². The second-order valence-electron chi connectivity index (χ2n) is 5.38. The maximum atomic E-state index is 4.66. The largest absolute Gasteiger partial charge is 0.360 e. The smallest absolute Gasteiger partial charge is 0.156 e. The summed E-state index contributed by atoms with van der Waals surface area (Å²) in [5, 5.41) is 4.63. The van der Waals surface area contributed by atoms with Crippen LogP contribution in [0.5, 0.6) is 0 Å². The second-order valence-corrected chi connectivity index (χ2v) is 6.47. The first kappa shape index (κ1) is 13.5. The fourth-order valence-electron chi connectivity index (χ4n) is 1.98. The Kier molecular flexibility index (Phi) is 4.70. The molecule has 0 unspecified atom stereocenters. The fourth-order valence-corrected chi connectivity index (χ4v) is 3.32. The minimum absolute atomic E-state index is 0.212. The molecule has 0 aromatic heterocycles. The lowest BCUT2D eigenvalue weighted by molar-refractivity contribution is 0.446. The highest BCUT2D eigenvalue weighted by Crippen LogP contribution is 2.21. The zero-order chi connectivity index (χ0) is 12.8. The molecule has 1 N–H and O–H groups in total. The van der Waals surface area contributed by atoms with E-state index >= 15 is 0 Å². The van der Waals surface area contributed by atoms with Crippen LogP contribution in [0.25, 0.3) is 0 Å². The van der Waals surface area contributed by atoms with E-state index in [-0.39, 0.29) is 5.54 Å². The number of rotatable bonds is 4. The summed E-state index contributed by atoms with van der Waals surface area (Å²) in [6.07, 6.45) is 3.45. The summed E-state index contributed by atoms with van der Waals surface area (Å²) >= 11 is 1.85. The number of thioether (sulfide) groups is 1. The first-order valence-corrected chi connectivity index (χ1v) is 7.64. The maximum absolute atomic E-state index is 4.66. The van der Waals surface area contributed by atoms with Crippen LogP contribution < -0.4 is 5.32 Å². The standard InChI is InChI=1S/C15H22N2S/c1-15(2)10-12-18-14(17-15)16-11-6-9-13-7-4-3-5-8-13/h3-5,7-8H,6,9-12H2,1-2H3,(H,16,17). The Morgan fingerprint density at radius 2 is 2.06 bits per heavy atom. The first-order valence-electron chi connectivity index (χ1n) is 6.65. The zero-order valence-electron chi connectivity index (χ0n) is 11.3. The van der Waals surface area contributed by atoms with Crippen molar-refractivity contribution in [1.29, 1.82) is 0 Å². The molecule has 1 heterocycles. The molecule has 0 radical (unpaired) electrons. The molecular formula is C15H22N2S. The number of aryl methyl sites for hydroxylation is 1. The quantitative estimate of drug-likeness (QED) is 0.840. The minimum Gasteiger partial charge on any atom is -0.360 e. The van der Waals surface area contributed by atoms with Crippen LogP contribution >= 0.6 is 11.8 Å². The first-order chi connectivity index (χ1) is 8.66. The average Bonchev–Trinajstić information content (AvgIpc) is 2.35. The molecule has 0 aliphatic carbocycles. The van der Waals surface area contributed by atoms with Crippen LogP contribution in [-0.4, -0.2) is 23.0 Å². The number of amidine groups is 1. The summed E-state index contributed by atoms with van der Waals surface area (Å²) < 4.78 is 0. The van der Waals surface area contributed by atoms with Gasteiger partial charge < -0.3 is 5.32 Å². The zero-order valence-corrected chi connectivity index (χ0v) is 12.1. The Bertz CT molecular complexity index is 398. The van der Waals surface area contributed by atoms with Crippen molar-refractivity contribution in [2.45, 2.75) is 38.6 Å². The van der Waals surface area contributed by atoms with E-state index < -0.39 is 0 Å². The van der Waals surface area contributed by atoms with Crippen LogP contribution in [0.15, 0.2) is 35.3 Å². The van der Waals surface area contributed by atoms with Crippen molar-refractivity contribution < 1.29 is 0 Å². The number of hydrogen-bond acceptors (Lipinski definition) is 2. The van der Waals surface area contributed by atoms with Crippen molar-refractivity contribution in [3.8, 4) is 0 Å². The van der Waals surface area contributed by atoms with Crippen LogP contribution in [0.2, 0.25) is 0 Å². The highest BCUT2D eigenvalue weighted by molar-refractivity contribution is 8.13. The lowest BCUT2D eigenvalue weighted by Crippen LogP contribution is -2.46. The van der Waals surface area contributed by atoms with Crippen molar-refractivity contribution in [3.63, 3.8) is 0 Å².